The average Bonchev–Trinajstić information content (AvgIpc) is 2.85. The molecule has 0 aromatic heterocycles. The van der Waals surface area contributed by atoms with E-state index >= 15 is 0 Å². The molecule has 3 N–H and O–H groups in total. The summed E-state index contributed by atoms with van der Waals surface area (Å²) in [6, 6.07) is 6.23. The third-order valence-electron chi connectivity index (χ3n) is 3.02. The van der Waals surface area contributed by atoms with Crippen molar-refractivity contribution >= 4 is 11.9 Å². The van der Waals surface area contributed by atoms with Crippen molar-refractivity contribution in [3.8, 4) is 5.75 Å². The van der Waals surface area contributed by atoms with Gasteiger partial charge in [0.05, 0.1) is 11.7 Å². The number of hydrogen-bond acceptors (Lipinski definition) is 4. The Morgan fingerprint density at radius 3 is 2.68 bits per heavy atom. The zero-order valence-corrected chi connectivity index (χ0v) is 10.2. The van der Waals surface area contributed by atoms with E-state index in [1.165, 1.54) is 12.1 Å². The van der Waals surface area contributed by atoms with Gasteiger partial charge in [-0.25, -0.2) is 4.79 Å². The fourth-order valence-corrected chi connectivity index (χ4v) is 2.00. The van der Waals surface area contributed by atoms with Gasteiger partial charge in [0.1, 0.15) is 5.75 Å². The number of aliphatic carboxylic acids is 1. The van der Waals surface area contributed by atoms with E-state index in [0.717, 1.165) is 0 Å². The molecule has 0 aliphatic carbocycles. The molecule has 2 atom stereocenters. The summed E-state index contributed by atoms with van der Waals surface area (Å²) >= 11 is 0. The van der Waals surface area contributed by atoms with Crippen LogP contribution in [-0.4, -0.2) is 40.8 Å². The lowest BCUT2D eigenvalue weighted by atomic mass is 10.1. The fraction of sp³-hybridized carbons (Fsp3) is 0.385. The largest absolute Gasteiger partial charge is 0.507 e. The van der Waals surface area contributed by atoms with Crippen LogP contribution >= 0.6 is 0 Å². The van der Waals surface area contributed by atoms with Crippen molar-refractivity contribution in [1.82, 2.24) is 5.32 Å². The highest BCUT2D eigenvalue weighted by atomic mass is 16.5. The summed E-state index contributed by atoms with van der Waals surface area (Å²) in [6.45, 7) is 0.233. The number of phenolic OH excluding ortho intramolecular Hbond substituents is 1. The molecular weight excluding hydrogens is 250 g/mol. The van der Waals surface area contributed by atoms with Gasteiger partial charge in [-0.1, -0.05) is 12.1 Å². The summed E-state index contributed by atoms with van der Waals surface area (Å²) in [4.78, 5) is 22.5. The molecule has 19 heavy (non-hydrogen) atoms. The van der Waals surface area contributed by atoms with Crippen LogP contribution in [0.5, 0.6) is 5.75 Å². The first-order chi connectivity index (χ1) is 9.08. The van der Waals surface area contributed by atoms with Crippen molar-refractivity contribution in [2.24, 2.45) is 0 Å². The number of carbonyl (C=O) groups excluding carboxylic acids is 1. The summed E-state index contributed by atoms with van der Waals surface area (Å²) < 4.78 is 5.26. The second-order valence-electron chi connectivity index (χ2n) is 4.39. The fourth-order valence-electron chi connectivity index (χ4n) is 2.00. The number of ether oxygens (including phenoxy) is 1. The topological polar surface area (TPSA) is 95.9 Å². The second-order valence-corrected chi connectivity index (χ2v) is 4.39. The first-order valence-corrected chi connectivity index (χ1v) is 6.02. The predicted octanol–water partition coefficient (Wildman–Crippen LogP) is 0.754. The third-order valence-corrected chi connectivity index (χ3v) is 3.02. The van der Waals surface area contributed by atoms with Gasteiger partial charge in [-0.05, 0) is 25.0 Å². The Bertz CT molecular complexity index is 488. The quantitative estimate of drug-likeness (QED) is 0.746. The van der Waals surface area contributed by atoms with E-state index in [-0.39, 0.29) is 24.0 Å². The monoisotopic (exact) mass is 265 g/mol. The van der Waals surface area contributed by atoms with Gasteiger partial charge >= 0.3 is 5.97 Å². The first kappa shape index (κ1) is 13.4. The number of aromatic hydroxyl groups is 1. The maximum atomic E-state index is 11.8. The molecule has 1 aromatic rings. The van der Waals surface area contributed by atoms with Crippen LogP contribution in [0.15, 0.2) is 24.3 Å². The minimum Gasteiger partial charge on any atom is -0.507 e. The third kappa shape index (κ3) is 3.23. The minimum absolute atomic E-state index is 0.0873. The minimum atomic E-state index is -0.977. The van der Waals surface area contributed by atoms with Gasteiger partial charge in [0.15, 0.2) is 6.10 Å². The molecule has 1 saturated heterocycles. The van der Waals surface area contributed by atoms with E-state index in [4.69, 9.17) is 9.84 Å². The molecule has 0 radical (unpaired) electrons. The van der Waals surface area contributed by atoms with Crippen LogP contribution < -0.4 is 5.32 Å². The lowest BCUT2D eigenvalue weighted by Crippen LogP contribution is -2.33. The molecule has 1 amide bonds. The highest BCUT2D eigenvalue weighted by Crippen LogP contribution is 2.20. The van der Waals surface area contributed by atoms with E-state index < -0.39 is 18.0 Å². The van der Waals surface area contributed by atoms with E-state index in [0.29, 0.717) is 12.8 Å². The van der Waals surface area contributed by atoms with E-state index in [2.05, 4.69) is 5.32 Å². The van der Waals surface area contributed by atoms with Crippen molar-refractivity contribution in [2.45, 2.75) is 25.0 Å². The number of carbonyl (C=O) groups is 2. The Morgan fingerprint density at radius 2 is 2.05 bits per heavy atom. The van der Waals surface area contributed by atoms with Crippen molar-refractivity contribution in [3.63, 3.8) is 0 Å². The molecule has 0 spiro atoms. The summed E-state index contributed by atoms with van der Waals surface area (Å²) in [5, 5.41) is 20.9. The second kappa shape index (κ2) is 5.71. The van der Waals surface area contributed by atoms with E-state index in [9.17, 15) is 14.7 Å². The maximum absolute atomic E-state index is 11.8. The van der Waals surface area contributed by atoms with Gasteiger partial charge < -0.3 is 20.3 Å². The molecule has 1 aliphatic rings. The van der Waals surface area contributed by atoms with Crippen LogP contribution in [0, 0.1) is 0 Å². The Balaban J connectivity index is 1.85. The molecule has 0 saturated carbocycles. The summed E-state index contributed by atoms with van der Waals surface area (Å²) in [5.41, 5.74) is 0.190. The first-order valence-electron chi connectivity index (χ1n) is 6.02. The molecule has 1 fully saturated rings. The number of para-hydroxylation sites is 1. The molecule has 6 heteroatoms. The number of rotatable bonds is 4. The van der Waals surface area contributed by atoms with Crippen molar-refractivity contribution in [2.75, 3.05) is 6.54 Å². The maximum Gasteiger partial charge on any atom is 0.332 e. The lowest BCUT2D eigenvalue weighted by Gasteiger charge is -2.12. The molecular formula is C13H15NO5. The van der Waals surface area contributed by atoms with Crippen molar-refractivity contribution in [1.29, 1.82) is 0 Å². The molecule has 1 heterocycles. The molecule has 2 unspecified atom stereocenters. The molecule has 0 bridgehead atoms. The number of carboxylic acids is 1. The van der Waals surface area contributed by atoms with Crippen LogP contribution in [0.25, 0.3) is 0 Å². The van der Waals surface area contributed by atoms with Gasteiger partial charge in [0.25, 0.3) is 5.91 Å². The van der Waals surface area contributed by atoms with Gasteiger partial charge in [-0.3, -0.25) is 4.79 Å². The van der Waals surface area contributed by atoms with Gasteiger partial charge in [0.2, 0.25) is 0 Å². The molecule has 1 aliphatic heterocycles. The highest BCUT2D eigenvalue weighted by Gasteiger charge is 2.30. The van der Waals surface area contributed by atoms with Crippen LogP contribution in [0.2, 0.25) is 0 Å². The molecule has 2 rings (SSSR count). The number of benzene rings is 1. The normalized spacial score (nSPS) is 22.1. The summed E-state index contributed by atoms with van der Waals surface area (Å²) in [5.74, 6) is -1.47. The summed E-state index contributed by atoms with van der Waals surface area (Å²) in [7, 11) is 0. The average molecular weight is 265 g/mol. The Morgan fingerprint density at radius 1 is 1.32 bits per heavy atom. The van der Waals surface area contributed by atoms with Crippen LogP contribution in [0.4, 0.5) is 0 Å². The number of amides is 1. The van der Waals surface area contributed by atoms with E-state index in [1.54, 1.807) is 12.1 Å². The molecule has 6 nitrogen and oxygen atoms in total. The Labute approximate surface area is 110 Å². The van der Waals surface area contributed by atoms with Gasteiger partial charge in [-0.15, -0.1) is 0 Å². The smallest absolute Gasteiger partial charge is 0.332 e. The lowest BCUT2D eigenvalue weighted by molar-refractivity contribution is -0.149. The van der Waals surface area contributed by atoms with Crippen LogP contribution in [0.3, 0.4) is 0 Å². The Kier molecular flexibility index (Phi) is 4.01. The summed E-state index contributed by atoms with van der Waals surface area (Å²) in [6.07, 6.45) is -0.0345. The van der Waals surface area contributed by atoms with E-state index in [1.807, 2.05) is 0 Å². The number of phenols is 1. The Hall–Kier alpha value is -2.08. The zero-order valence-electron chi connectivity index (χ0n) is 10.2. The zero-order chi connectivity index (χ0) is 13.8. The number of hydrogen-bond donors (Lipinski definition) is 3. The van der Waals surface area contributed by atoms with Crippen molar-refractivity contribution in [3.05, 3.63) is 29.8 Å². The highest BCUT2D eigenvalue weighted by molar-refractivity contribution is 5.96. The predicted molar refractivity (Wildman–Crippen MR) is 66.0 cm³/mol. The van der Waals surface area contributed by atoms with Crippen LogP contribution in [-0.2, 0) is 9.53 Å². The van der Waals surface area contributed by atoms with Gasteiger partial charge in [-0.2, -0.15) is 0 Å². The standard InChI is InChI=1S/C13H15NO5/c15-10-4-2-1-3-9(10)12(16)14-7-8-5-6-11(19-8)13(17)18/h1-4,8,11,15H,5-7H2,(H,14,16)(H,17,18). The van der Waals surface area contributed by atoms with Gasteiger partial charge in [0, 0.05) is 6.54 Å². The molecule has 102 valence electrons. The van der Waals surface area contributed by atoms with Crippen LogP contribution in [0.1, 0.15) is 23.2 Å². The number of carboxylic acid groups (broad SMARTS) is 1. The SMILES string of the molecule is O=C(NCC1CCC(C(=O)O)O1)c1ccccc1O. The number of nitrogens with one attached hydrogen (secondary N) is 1. The van der Waals surface area contributed by atoms with Crippen molar-refractivity contribution < 1.29 is 24.5 Å². The molecule has 1 aromatic carbocycles.